The Morgan fingerprint density at radius 3 is 2.83 bits per heavy atom. The molecule has 4 nitrogen and oxygen atoms in total. The van der Waals surface area contributed by atoms with Crippen LogP contribution in [-0.4, -0.2) is 17.4 Å². The second-order valence-corrected chi connectivity index (χ2v) is 5.52. The third-order valence-corrected chi connectivity index (χ3v) is 3.83. The van der Waals surface area contributed by atoms with E-state index in [1.54, 1.807) is 12.3 Å². The molecule has 1 aliphatic rings. The van der Waals surface area contributed by atoms with E-state index in [1.807, 2.05) is 0 Å². The standard InChI is InChI=1S/C14H21N3O/c1-14(6-3-2-4-7-14)10-17-13(18)11-5-8-16-9-12(11)15/h5,8-9H,2-4,6-7,10,15H2,1H3,(H,17,18). The average molecular weight is 247 g/mol. The van der Waals surface area contributed by atoms with Crippen LogP contribution in [0.4, 0.5) is 5.69 Å². The Kier molecular flexibility index (Phi) is 3.84. The molecule has 1 aliphatic carbocycles. The Morgan fingerprint density at radius 1 is 1.44 bits per heavy atom. The number of rotatable bonds is 3. The van der Waals surface area contributed by atoms with Gasteiger partial charge in [-0.15, -0.1) is 0 Å². The van der Waals surface area contributed by atoms with Gasteiger partial charge in [0.25, 0.3) is 5.91 Å². The van der Waals surface area contributed by atoms with E-state index in [1.165, 1.54) is 38.3 Å². The maximum absolute atomic E-state index is 12.0. The van der Waals surface area contributed by atoms with Gasteiger partial charge in [0.15, 0.2) is 0 Å². The second-order valence-electron chi connectivity index (χ2n) is 5.52. The number of aromatic nitrogens is 1. The second kappa shape index (κ2) is 5.38. The molecule has 1 amide bonds. The lowest BCUT2D eigenvalue weighted by Crippen LogP contribution is -2.37. The number of nitrogens with two attached hydrogens (primary N) is 1. The summed E-state index contributed by atoms with van der Waals surface area (Å²) in [5.41, 5.74) is 6.94. The average Bonchev–Trinajstić information content (AvgIpc) is 2.38. The highest BCUT2D eigenvalue weighted by molar-refractivity contribution is 5.98. The number of nitrogen functional groups attached to an aromatic ring is 1. The van der Waals surface area contributed by atoms with Crippen molar-refractivity contribution in [3.63, 3.8) is 0 Å². The van der Waals surface area contributed by atoms with Gasteiger partial charge in [-0.25, -0.2) is 0 Å². The minimum Gasteiger partial charge on any atom is -0.397 e. The minimum absolute atomic E-state index is 0.0956. The summed E-state index contributed by atoms with van der Waals surface area (Å²) in [4.78, 5) is 15.9. The third kappa shape index (κ3) is 3.00. The summed E-state index contributed by atoms with van der Waals surface area (Å²) >= 11 is 0. The topological polar surface area (TPSA) is 68.0 Å². The van der Waals surface area contributed by atoms with Crippen molar-refractivity contribution >= 4 is 11.6 Å². The number of nitrogens with one attached hydrogen (secondary N) is 1. The van der Waals surface area contributed by atoms with Crippen LogP contribution in [0.3, 0.4) is 0 Å². The number of carbonyl (C=O) groups excluding carboxylic acids is 1. The van der Waals surface area contributed by atoms with E-state index in [0.29, 0.717) is 11.3 Å². The summed E-state index contributed by atoms with van der Waals surface area (Å²) in [6, 6.07) is 1.66. The molecular formula is C14H21N3O. The van der Waals surface area contributed by atoms with Crippen molar-refractivity contribution in [1.29, 1.82) is 0 Å². The van der Waals surface area contributed by atoms with Crippen molar-refractivity contribution in [2.45, 2.75) is 39.0 Å². The van der Waals surface area contributed by atoms with E-state index < -0.39 is 0 Å². The molecule has 0 spiro atoms. The van der Waals surface area contributed by atoms with Gasteiger partial charge in [0, 0.05) is 12.7 Å². The SMILES string of the molecule is CC1(CNC(=O)c2ccncc2N)CCCCC1. The molecule has 1 fully saturated rings. The van der Waals surface area contributed by atoms with Gasteiger partial charge < -0.3 is 11.1 Å². The van der Waals surface area contributed by atoms with E-state index in [-0.39, 0.29) is 11.3 Å². The highest BCUT2D eigenvalue weighted by Gasteiger charge is 2.27. The predicted molar refractivity (Wildman–Crippen MR) is 72.2 cm³/mol. The van der Waals surface area contributed by atoms with Crippen molar-refractivity contribution in [2.24, 2.45) is 5.41 Å². The fourth-order valence-corrected chi connectivity index (χ4v) is 2.58. The van der Waals surface area contributed by atoms with Crippen molar-refractivity contribution in [2.75, 3.05) is 12.3 Å². The Hall–Kier alpha value is -1.58. The van der Waals surface area contributed by atoms with Crippen LogP contribution >= 0.6 is 0 Å². The van der Waals surface area contributed by atoms with Crippen molar-refractivity contribution in [3.05, 3.63) is 24.0 Å². The van der Waals surface area contributed by atoms with Crippen LogP contribution in [0, 0.1) is 5.41 Å². The third-order valence-electron chi connectivity index (χ3n) is 3.83. The first-order valence-corrected chi connectivity index (χ1v) is 6.58. The molecule has 0 atom stereocenters. The first-order chi connectivity index (χ1) is 8.61. The smallest absolute Gasteiger partial charge is 0.253 e. The lowest BCUT2D eigenvalue weighted by molar-refractivity contribution is 0.0920. The van der Waals surface area contributed by atoms with Crippen molar-refractivity contribution in [1.82, 2.24) is 10.3 Å². The maximum atomic E-state index is 12.0. The highest BCUT2D eigenvalue weighted by Crippen LogP contribution is 2.34. The maximum Gasteiger partial charge on any atom is 0.253 e. The van der Waals surface area contributed by atoms with Crippen molar-refractivity contribution < 1.29 is 4.79 Å². The zero-order valence-electron chi connectivity index (χ0n) is 10.9. The summed E-state index contributed by atoms with van der Waals surface area (Å²) in [6.07, 6.45) is 9.34. The number of anilines is 1. The number of amides is 1. The van der Waals surface area contributed by atoms with Gasteiger partial charge in [-0.05, 0) is 24.3 Å². The van der Waals surface area contributed by atoms with Crippen LogP contribution < -0.4 is 11.1 Å². The van der Waals surface area contributed by atoms with Crippen LogP contribution in [0.2, 0.25) is 0 Å². The van der Waals surface area contributed by atoms with E-state index in [2.05, 4.69) is 17.2 Å². The first-order valence-electron chi connectivity index (χ1n) is 6.58. The molecule has 0 aliphatic heterocycles. The molecule has 2 rings (SSSR count). The monoisotopic (exact) mass is 247 g/mol. The molecule has 0 bridgehead atoms. The molecule has 18 heavy (non-hydrogen) atoms. The van der Waals surface area contributed by atoms with Crippen molar-refractivity contribution in [3.8, 4) is 0 Å². The van der Waals surface area contributed by atoms with Gasteiger partial charge in [-0.1, -0.05) is 26.2 Å². The largest absolute Gasteiger partial charge is 0.397 e. The molecule has 1 aromatic heterocycles. The molecule has 1 saturated carbocycles. The number of nitrogens with zero attached hydrogens (tertiary/aromatic N) is 1. The highest BCUT2D eigenvalue weighted by atomic mass is 16.1. The predicted octanol–water partition coefficient (Wildman–Crippen LogP) is 2.36. The Balaban J connectivity index is 1.94. The van der Waals surface area contributed by atoms with Crippen LogP contribution in [0.5, 0.6) is 0 Å². The van der Waals surface area contributed by atoms with E-state index >= 15 is 0 Å². The van der Waals surface area contributed by atoms with E-state index in [4.69, 9.17) is 5.73 Å². The molecule has 98 valence electrons. The van der Waals surface area contributed by atoms with Crippen LogP contribution in [0.25, 0.3) is 0 Å². The Morgan fingerprint density at radius 2 is 2.17 bits per heavy atom. The number of hydrogen-bond acceptors (Lipinski definition) is 3. The van der Waals surface area contributed by atoms with E-state index in [0.717, 1.165) is 6.54 Å². The summed E-state index contributed by atoms with van der Waals surface area (Å²) in [6.45, 7) is 2.98. The Bertz CT molecular complexity index is 425. The van der Waals surface area contributed by atoms with Gasteiger partial charge >= 0.3 is 0 Å². The number of hydrogen-bond donors (Lipinski definition) is 2. The number of carbonyl (C=O) groups is 1. The summed E-state index contributed by atoms with van der Waals surface area (Å²) < 4.78 is 0. The van der Waals surface area contributed by atoms with Gasteiger partial charge in [0.05, 0.1) is 17.4 Å². The summed E-state index contributed by atoms with van der Waals surface area (Å²) in [5, 5.41) is 3.00. The van der Waals surface area contributed by atoms with Gasteiger partial charge in [0.2, 0.25) is 0 Å². The molecule has 3 N–H and O–H groups in total. The minimum atomic E-state index is -0.0956. The van der Waals surface area contributed by atoms with E-state index in [9.17, 15) is 4.79 Å². The molecule has 0 radical (unpaired) electrons. The first kappa shape index (κ1) is 12.9. The van der Waals surface area contributed by atoms with Crippen LogP contribution in [-0.2, 0) is 0 Å². The van der Waals surface area contributed by atoms with Crippen LogP contribution in [0.15, 0.2) is 18.5 Å². The molecule has 4 heteroatoms. The van der Waals surface area contributed by atoms with Crippen LogP contribution in [0.1, 0.15) is 49.4 Å². The molecular weight excluding hydrogens is 226 g/mol. The Labute approximate surface area is 108 Å². The van der Waals surface area contributed by atoms with Gasteiger partial charge in [-0.2, -0.15) is 0 Å². The quantitative estimate of drug-likeness (QED) is 0.861. The lowest BCUT2D eigenvalue weighted by atomic mass is 9.76. The molecule has 0 aromatic carbocycles. The lowest BCUT2D eigenvalue weighted by Gasteiger charge is -2.33. The molecule has 0 saturated heterocycles. The fraction of sp³-hybridized carbons (Fsp3) is 0.571. The molecule has 1 aromatic rings. The van der Waals surface area contributed by atoms with Gasteiger partial charge in [-0.3, -0.25) is 9.78 Å². The summed E-state index contributed by atoms with van der Waals surface area (Å²) in [7, 11) is 0. The zero-order valence-corrected chi connectivity index (χ0v) is 10.9. The van der Waals surface area contributed by atoms with Gasteiger partial charge in [0.1, 0.15) is 0 Å². The number of pyridine rings is 1. The molecule has 0 unspecified atom stereocenters. The fourth-order valence-electron chi connectivity index (χ4n) is 2.58. The zero-order chi connectivity index (χ0) is 13.0. The summed E-state index contributed by atoms with van der Waals surface area (Å²) in [5.74, 6) is -0.0956. The normalized spacial score (nSPS) is 18.3. The molecule has 1 heterocycles.